The SMILES string of the molecule is CN=C(NCCCCSC)NCc1ccc(CN2CCCCC2)cc1. The summed E-state index contributed by atoms with van der Waals surface area (Å²) in [6, 6.07) is 9.00. The predicted molar refractivity (Wildman–Crippen MR) is 111 cm³/mol. The van der Waals surface area contributed by atoms with Gasteiger partial charge in [0, 0.05) is 26.7 Å². The van der Waals surface area contributed by atoms with Crippen molar-refractivity contribution in [3.8, 4) is 0 Å². The van der Waals surface area contributed by atoms with Crippen molar-refractivity contribution in [1.82, 2.24) is 15.5 Å². The molecule has 5 heteroatoms. The number of benzene rings is 1. The molecule has 2 rings (SSSR count). The zero-order valence-corrected chi connectivity index (χ0v) is 16.7. The van der Waals surface area contributed by atoms with Gasteiger partial charge in [-0.2, -0.15) is 11.8 Å². The minimum absolute atomic E-state index is 0.814. The number of likely N-dealkylation sites (tertiary alicyclic amines) is 1. The Hall–Kier alpha value is -1.20. The van der Waals surface area contributed by atoms with Crippen LogP contribution in [0.3, 0.4) is 0 Å². The average molecular weight is 363 g/mol. The molecule has 1 aliphatic rings. The molecule has 0 spiro atoms. The molecule has 1 aliphatic heterocycles. The highest BCUT2D eigenvalue weighted by molar-refractivity contribution is 7.98. The average Bonchev–Trinajstić information content (AvgIpc) is 2.66. The van der Waals surface area contributed by atoms with Crippen LogP contribution in [0.15, 0.2) is 29.3 Å². The molecule has 2 N–H and O–H groups in total. The molecule has 1 fully saturated rings. The molecule has 0 aromatic heterocycles. The normalized spacial score (nSPS) is 16.0. The lowest BCUT2D eigenvalue weighted by Gasteiger charge is -2.26. The summed E-state index contributed by atoms with van der Waals surface area (Å²) in [4.78, 5) is 6.87. The minimum atomic E-state index is 0.814. The largest absolute Gasteiger partial charge is 0.356 e. The molecule has 0 saturated carbocycles. The summed E-state index contributed by atoms with van der Waals surface area (Å²) in [5.74, 6) is 2.12. The van der Waals surface area contributed by atoms with Crippen LogP contribution in [0.5, 0.6) is 0 Å². The van der Waals surface area contributed by atoms with Crippen LogP contribution in [0.2, 0.25) is 0 Å². The van der Waals surface area contributed by atoms with Gasteiger partial charge in [-0.05, 0) is 61.9 Å². The van der Waals surface area contributed by atoms with Crippen molar-refractivity contribution >= 4 is 17.7 Å². The van der Waals surface area contributed by atoms with Crippen LogP contribution in [-0.4, -0.2) is 49.6 Å². The van der Waals surface area contributed by atoms with Gasteiger partial charge in [-0.3, -0.25) is 9.89 Å². The maximum absolute atomic E-state index is 4.30. The van der Waals surface area contributed by atoms with E-state index < -0.39 is 0 Å². The number of nitrogens with zero attached hydrogens (tertiary/aromatic N) is 2. The van der Waals surface area contributed by atoms with Gasteiger partial charge in [0.15, 0.2) is 5.96 Å². The molecule has 0 radical (unpaired) electrons. The molecule has 0 aliphatic carbocycles. The fraction of sp³-hybridized carbons (Fsp3) is 0.650. The number of unbranched alkanes of at least 4 members (excludes halogenated alkanes) is 1. The first kappa shape index (κ1) is 20.1. The summed E-state index contributed by atoms with van der Waals surface area (Å²) >= 11 is 1.91. The summed E-state index contributed by atoms with van der Waals surface area (Å²) in [7, 11) is 1.83. The van der Waals surface area contributed by atoms with Gasteiger partial charge >= 0.3 is 0 Å². The standard InChI is InChI=1S/C20H34N4S/c1-21-20(22-12-4-7-15-25-2)23-16-18-8-10-19(11-9-18)17-24-13-5-3-6-14-24/h8-11H,3-7,12-17H2,1-2H3,(H2,21,22,23). The third-order valence-corrected chi connectivity index (χ3v) is 5.33. The molecule has 0 unspecified atom stereocenters. The Morgan fingerprint density at radius 3 is 2.44 bits per heavy atom. The van der Waals surface area contributed by atoms with Crippen molar-refractivity contribution in [2.45, 2.75) is 45.2 Å². The molecular weight excluding hydrogens is 328 g/mol. The lowest BCUT2D eigenvalue weighted by Crippen LogP contribution is -2.37. The molecule has 140 valence electrons. The van der Waals surface area contributed by atoms with Crippen LogP contribution >= 0.6 is 11.8 Å². The lowest BCUT2D eigenvalue weighted by molar-refractivity contribution is 0.221. The van der Waals surface area contributed by atoms with Gasteiger partial charge in [0.1, 0.15) is 0 Å². The van der Waals surface area contributed by atoms with E-state index in [0.29, 0.717) is 0 Å². The van der Waals surface area contributed by atoms with E-state index in [1.54, 1.807) is 0 Å². The van der Waals surface area contributed by atoms with Crippen LogP contribution in [0.4, 0.5) is 0 Å². The van der Waals surface area contributed by atoms with E-state index >= 15 is 0 Å². The molecule has 0 atom stereocenters. The zero-order valence-electron chi connectivity index (χ0n) is 15.9. The quantitative estimate of drug-likeness (QED) is 0.401. The van der Waals surface area contributed by atoms with Gasteiger partial charge in [0.2, 0.25) is 0 Å². The number of rotatable bonds is 9. The second-order valence-electron chi connectivity index (χ2n) is 6.71. The number of piperidine rings is 1. The molecule has 1 heterocycles. The van der Waals surface area contributed by atoms with E-state index in [9.17, 15) is 0 Å². The van der Waals surface area contributed by atoms with Crippen molar-refractivity contribution in [3.63, 3.8) is 0 Å². The lowest BCUT2D eigenvalue weighted by atomic mass is 10.1. The molecule has 0 amide bonds. The minimum Gasteiger partial charge on any atom is -0.356 e. The molecule has 25 heavy (non-hydrogen) atoms. The monoisotopic (exact) mass is 362 g/mol. The van der Waals surface area contributed by atoms with Crippen LogP contribution in [0, 0.1) is 0 Å². The van der Waals surface area contributed by atoms with Crippen LogP contribution in [0.25, 0.3) is 0 Å². The Balaban J connectivity index is 1.68. The van der Waals surface area contributed by atoms with Crippen molar-refractivity contribution < 1.29 is 0 Å². The maximum atomic E-state index is 4.30. The van der Waals surface area contributed by atoms with Gasteiger partial charge < -0.3 is 10.6 Å². The fourth-order valence-corrected chi connectivity index (χ4v) is 3.62. The highest BCUT2D eigenvalue weighted by atomic mass is 32.2. The molecule has 0 bridgehead atoms. The van der Waals surface area contributed by atoms with Crippen LogP contribution in [0.1, 0.15) is 43.2 Å². The third kappa shape index (κ3) is 8.15. The summed E-state index contributed by atoms with van der Waals surface area (Å²) in [6.07, 6.45) is 8.70. The van der Waals surface area contributed by atoms with E-state index in [-0.39, 0.29) is 0 Å². The van der Waals surface area contributed by atoms with Crippen molar-refractivity contribution in [2.75, 3.05) is 38.7 Å². The second-order valence-corrected chi connectivity index (χ2v) is 7.69. The third-order valence-electron chi connectivity index (χ3n) is 4.63. The molecule has 4 nitrogen and oxygen atoms in total. The Bertz CT molecular complexity index is 495. The maximum Gasteiger partial charge on any atom is 0.191 e. The first-order chi connectivity index (χ1) is 12.3. The Morgan fingerprint density at radius 2 is 1.76 bits per heavy atom. The summed E-state index contributed by atoms with van der Waals surface area (Å²) < 4.78 is 0. The number of aliphatic imine (C=N–C) groups is 1. The van der Waals surface area contributed by atoms with Gasteiger partial charge in [-0.1, -0.05) is 30.7 Å². The Labute approximate surface area is 157 Å². The van der Waals surface area contributed by atoms with Gasteiger partial charge in [0.05, 0.1) is 0 Å². The summed E-state index contributed by atoms with van der Waals surface area (Å²) in [6.45, 7) is 5.39. The van der Waals surface area contributed by atoms with Crippen LogP contribution in [-0.2, 0) is 13.1 Å². The first-order valence-corrected chi connectivity index (χ1v) is 10.9. The van der Waals surface area contributed by atoms with E-state index in [1.807, 2.05) is 18.8 Å². The van der Waals surface area contributed by atoms with Crippen molar-refractivity contribution in [3.05, 3.63) is 35.4 Å². The van der Waals surface area contributed by atoms with Crippen LogP contribution < -0.4 is 10.6 Å². The highest BCUT2D eigenvalue weighted by Gasteiger charge is 2.10. The number of thioether (sulfide) groups is 1. The fourth-order valence-electron chi connectivity index (χ4n) is 3.12. The first-order valence-electron chi connectivity index (χ1n) is 9.55. The number of guanidine groups is 1. The highest BCUT2D eigenvalue weighted by Crippen LogP contribution is 2.13. The van der Waals surface area contributed by atoms with Gasteiger partial charge in [-0.25, -0.2) is 0 Å². The predicted octanol–water partition coefficient (Wildman–Crippen LogP) is 3.48. The topological polar surface area (TPSA) is 39.7 Å². The number of nitrogens with one attached hydrogen (secondary N) is 2. The van der Waals surface area contributed by atoms with Gasteiger partial charge in [-0.15, -0.1) is 0 Å². The molecule has 1 saturated heterocycles. The molecule has 1 aromatic carbocycles. The summed E-state index contributed by atoms with van der Waals surface area (Å²) in [5, 5.41) is 6.79. The van der Waals surface area contributed by atoms with Crippen molar-refractivity contribution in [2.24, 2.45) is 4.99 Å². The zero-order chi connectivity index (χ0) is 17.7. The summed E-state index contributed by atoms with van der Waals surface area (Å²) in [5.41, 5.74) is 2.72. The Morgan fingerprint density at radius 1 is 1.04 bits per heavy atom. The van der Waals surface area contributed by atoms with E-state index in [4.69, 9.17) is 0 Å². The van der Waals surface area contributed by atoms with E-state index in [2.05, 4.69) is 51.0 Å². The van der Waals surface area contributed by atoms with Gasteiger partial charge in [0.25, 0.3) is 0 Å². The molecular formula is C20H34N4S. The smallest absolute Gasteiger partial charge is 0.191 e. The number of hydrogen-bond acceptors (Lipinski definition) is 3. The molecule has 1 aromatic rings. The second kappa shape index (κ2) is 12.2. The number of hydrogen-bond donors (Lipinski definition) is 2. The van der Waals surface area contributed by atoms with Crippen molar-refractivity contribution in [1.29, 1.82) is 0 Å². The van der Waals surface area contributed by atoms with E-state index in [1.165, 1.54) is 62.1 Å². The Kier molecular flexibility index (Phi) is 9.82. The van der Waals surface area contributed by atoms with E-state index in [0.717, 1.165) is 25.6 Å².